The van der Waals surface area contributed by atoms with Gasteiger partial charge in [0.1, 0.15) is 0 Å². The first-order valence-electron chi connectivity index (χ1n) is 6.23. The van der Waals surface area contributed by atoms with Crippen molar-refractivity contribution >= 4 is 11.4 Å². The van der Waals surface area contributed by atoms with Gasteiger partial charge in [0.15, 0.2) is 11.6 Å². The Hall–Kier alpha value is -1.53. The monoisotopic (exact) mass is 272 g/mol. The van der Waals surface area contributed by atoms with E-state index in [0.29, 0.717) is 18.7 Å². The van der Waals surface area contributed by atoms with Crippen LogP contribution in [0.4, 0.5) is 15.8 Å². The lowest BCUT2D eigenvalue weighted by Gasteiger charge is -2.31. The number of halogens is 1. The number of aliphatic hydroxyl groups excluding tert-OH is 2. The molecule has 0 heterocycles. The van der Waals surface area contributed by atoms with Gasteiger partial charge in [0.25, 0.3) is 0 Å². The number of hydrogen-bond acceptors (Lipinski definition) is 5. The van der Waals surface area contributed by atoms with Crippen LogP contribution in [0.3, 0.4) is 0 Å². The van der Waals surface area contributed by atoms with Gasteiger partial charge in [-0.15, -0.1) is 0 Å². The number of nitrogens with one attached hydrogen (secondary N) is 1. The van der Waals surface area contributed by atoms with Crippen LogP contribution < -0.4 is 15.8 Å². The Balaban J connectivity index is 3.09. The van der Waals surface area contributed by atoms with Crippen molar-refractivity contribution in [2.24, 2.45) is 0 Å². The highest BCUT2D eigenvalue weighted by molar-refractivity contribution is 5.69. The minimum Gasteiger partial charge on any atom is -0.491 e. The molecular weight excluding hydrogens is 251 g/mol. The predicted octanol–water partition coefficient (Wildman–Crippen LogP) is 1.35. The van der Waals surface area contributed by atoms with E-state index >= 15 is 0 Å². The van der Waals surface area contributed by atoms with Gasteiger partial charge >= 0.3 is 0 Å². The zero-order valence-corrected chi connectivity index (χ0v) is 11.2. The lowest BCUT2D eigenvalue weighted by Crippen LogP contribution is -2.45. The summed E-state index contributed by atoms with van der Waals surface area (Å²) >= 11 is 0. The van der Waals surface area contributed by atoms with Crippen LogP contribution >= 0.6 is 0 Å². The summed E-state index contributed by atoms with van der Waals surface area (Å²) in [6.45, 7) is 3.38. The Bertz CT molecular complexity index is 414. The lowest BCUT2D eigenvalue weighted by molar-refractivity contribution is 0.132. The summed E-state index contributed by atoms with van der Waals surface area (Å²) in [5, 5.41) is 21.7. The third kappa shape index (κ3) is 3.48. The average molecular weight is 272 g/mol. The van der Waals surface area contributed by atoms with Gasteiger partial charge in [-0.1, -0.05) is 6.92 Å². The van der Waals surface area contributed by atoms with Crippen LogP contribution in [-0.2, 0) is 0 Å². The largest absolute Gasteiger partial charge is 0.491 e. The zero-order valence-electron chi connectivity index (χ0n) is 11.2. The van der Waals surface area contributed by atoms with Gasteiger partial charge in [-0.25, -0.2) is 4.39 Å². The van der Waals surface area contributed by atoms with Crippen LogP contribution in [0.25, 0.3) is 0 Å². The Morgan fingerprint density at radius 2 is 1.95 bits per heavy atom. The standard InChI is InChI=1S/C13H21FN2O3/c1-3-13(7-17,8-18)16-11-6-12(19-4-2)9(14)5-10(11)15/h5-6,16-18H,3-4,7-8,15H2,1-2H3. The molecule has 0 saturated carbocycles. The highest BCUT2D eigenvalue weighted by Crippen LogP contribution is 2.31. The third-order valence-corrected chi connectivity index (χ3v) is 3.09. The van der Waals surface area contributed by atoms with Crippen molar-refractivity contribution < 1.29 is 19.3 Å². The SMILES string of the molecule is CCOc1cc(NC(CC)(CO)CO)c(N)cc1F. The van der Waals surface area contributed by atoms with E-state index in [9.17, 15) is 14.6 Å². The predicted molar refractivity (Wildman–Crippen MR) is 72.8 cm³/mol. The van der Waals surface area contributed by atoms with Crippen LogP contribution in [0.15, 0.2) is 12.1 Å². The number of aliphatic hydroxyl groups is 2. The molecule has 0 unspecified atom stereocenters. The molecular formula is C13H21FN2O3. The molecule has 0 aliphatic rings. The molecule has 6 heteroatoms. The second kappa shape index (κ2) is 6.58. The molecule has 0 saturated heterocycles. The second-order valence-electron chi connectivity index (χ2n) is 4.38. The average Bonchev–Trinajstić information content (AvgIpc) is 2.41. The lowest BCUT2D eigenvalue weighted by atomic mass is 9.97. The number of hydrogen-bond donors (Lipinski definition) is 4. The fourth-order valence-electron chi connectivity index (χ4n) is 1.67. The van der Waals surface area contributed by atoms with E-state index in [1.807, 2.05) is 6.92 Å². The molecule has 0 aromatic heterocycles. The van der Waals surface area contributed by atoms with Crippen LogP contribution in [0, 0.1) is 5.82 Å². The van der Waals surface area contributed by atoms with E-state index in [4.69, 9.17) is 10.5 Å². The fourth-order valence-corrected chi connectivity index (χ4v) is 1.67. The first-order chi connectivity index (χ1) is 9.01. The fraction of sp³-hybridized carbons (Fsp3) is 0.538. The van der Waals surface area contributed by atoms with Crippen molar-refractivity contribution in [3.8, 4) is 5.75 Å². The molecule has 1 aromatic carbocycles. The van der Waals surface area contributed by atoms with E-state index < -0.39 is 11.4 Å². The van der Waals surface area contributed by atoms with Crippen LogP contribution in [-0.4, -0.2) is 35.6 Å². The first kappa shape index (κ1) is 15.5. The molecule has 108 valence electrons. The molecule has 0 bridgehead atoms. The summed E-state index contributed by atoms with van der Waals surface area (Å²) in [4.78, 5) is 0. The quantitative estimate of drug-likeness (QED) is 0.563. The van der Waals surface area contributed by atoms with Crippen molar-refractivity contribution in [3.05, 3.63) is 17.9 Å². The van der Waals surface area contributed by atoms with Gasteiger partial charge in [0, 0.05) is 12.1 Å². The van der Waals surface area contributed by atoms with Crippen LogP contribution in [0.1, 0.15) is 20.3 Å². The summed E-state index contributed by atoms with van der Waals surface area (Å²) < 4.78 is 18.7. The van der Waals surface area contributed by atoms with Crippen molar-refractivity contribution in [2.45, 2.75) is 25.8 Å². The smallest absolute Gasteiger partial charge is 0.167 e. The molecule has 1 rings (SSSR count). The van der Waals surface area contributed by atoms with E-state index in [2.05, 4.69) is 5.32 Å². The molecule has 0 aliphatic heterocycles. The van der Waals surface area contributed by atoms with Crippen molar-refractivity contribution in [2.75, 3.05) is 30.9 Å². The maximum absolute atomic E-state index is 13.6. The van der Waals surface area contributed by atoms with Gasteiger partial charge in [0.2, 0.25) is 0 Å². The molecule has 0 fully saturated rings. The number of nitrogen functional groups attached to an aromatic ring is 1. The van der Waals surface area contributed by atoms with Crippen molar-refractivity contribution in [3.63, 3.8) is 0 Å². The Kier molecular flexibility index (Phi) is 5.38. The summed E-state index contributed by atoms with van der Waals surface area (Å²) in [7, 11) is 0. The Morgan fingerprint density at radius 3 is 2.42 bits per heavy atom. The van der Waals surface area contributed by atoms with Crippen LogP contribution in [0.2, 0.25) is 0 Å². The Morgan fingerprint density at radius 1 is 1.32 bits per heavy atom. The number of anilines is 2. The molecule has 19 heavy (non-hydrogen) atoms. The molecule has 5 N–H and O–H groups in total. The van der Waals surface area contributed by atoms with E-state index in [1.165, 1.54) is 6.07 Å². The van der Waals surface area contributed by atoms with Crippen molar-refractivity contribution in [1.29, 1.82) is 0 Å². The minimum absolute atomic E-state index is 0.0834. The number of benzene rings is 1. The molecule has 1 aromatic rings. The summed E-state index contributed by atoms with van der Waals surface area (Å²) in [5.74, 6) is -0.458. The zero-order chi connectivity index (χ0) is 14.5. The molecule has 0 amide bonds. The van der Waals surface area contributed by atoms with E-state index in [-0.39, 0.29) is 24.7 Å². The molecule has 5 nitrogen and oxygen atoms in total. The van der Waals surface area contributed by atoms with E-state index in [1.54, 1.807) is 6.92 Å². The van der Waals surface area contributed by atoms with Gasteiger partial charge in [-0.2, -0.15) is 0 Å². The molecule has 0 atom stereocenters. The summed E-state index contributed by atoms with van der Waals surface area (Å²) in [6, 6.07) is 2.59. The second-order valence-corrected chi connectivity index (χ2v) is 4.38. The minimum atomic E-state index is -0.893. The van der Waals surface area contributed by atoms with Crippen molar-refractivity contribution in [1.82, 2.24) is 0 Å². The molecule has 0 radical (unpaired) electrons. The maximum Gasteiger partial charge on any atom is 0.167 e. The highest BCUT2D eigenvalue weighted by Gasteiger charge is 2.27. The molecule has 0 spiro atoms. The number of ether oxygens (including phenoxy) is 1. The summed E-state index contributed by atoms with van der Waals surface area (Å²) in [6.07, 6.45) is 0.487. The van der Waals surface area contributed by atoms with Gasteiger partial charge < -0.3 is 26.0 Å². The Labute approximate surface area is 112 Å². The van der Waals surface area contributed by atoms with Crippen LogP contribution in [0.5, 0.6) is 5.75 Å². The first-order valence-corrected chi connectivity index (χ1v) is 6.23. The molecule has 0 aliphatic carbocycles. The third-order valence-electron chi connectivity index (χ3n) is 3.09. The van der Waals surface area contributed by atoms with Gasteiger partial charge in [-0.3, -0.25) is 0 Å². The van der Waals surface area contributed by atoms with Gasteiger partial charge in [0.05, 0.1) is 36.7 Å². The number of rotatable bonds is 7. The maximum atomic E-state index is 13.6. The van der Waals surface area contributed by atoms with Gasteiger partial charge in [-0.05, 0) is 13.3 Å². The highest BCUT2D eigenvalue weighted by atomic mass is 19.1. The summed E-state index contributed by atoms with van der Waals surface area (Å²) in [5.41, 5.74) is 5.46. The van der Waals surface area contributed by atoms with E-state index in [0.717, 1.165) is 6.07 Å². The topological polar surface area (TPSA) is 87.7 Å². The number of nitrogens with two attached hydrogens (primary N) is 1. The normalized spacial score (nSPS) is 11.4.